The van der Waals surface area contributed by atoms with Crippen LogP contribution in [0.1, 0.15) is 10.6 Å². The second kappa shape index (κ2) is 6.79. The summed E-state index contributed by atoms with van der Waals surface area (Å²) in [6.45, 7) is -0.631. The number of carbonyl (C=O) groups is 2. The number of rotatable bonds is 6. The van der Waals surface area contributed by atoms with Gasteiger partial charge in [0, 0.05) is 5.39 Å². The Labute approximate surface area is 132 Å². The molecule has 0 unspecified atom stereocenters. The average molecular weight is 310 g/mol. The fourth-order valence-corrected chi connectivity index (χ4v) is 2.04. The Morgan fingerprint density at radius 3 is 2.43 bits per heavy atom. The first-order valence-corrected chi connectivity index (χ1v) is 7.07. The van der Waals surface area contributed by atoms with Crippen molar-refractivity contribution in [3.8, 4) is 5.75 Å². The molecule has 3 rings (SSSR count). The van der Waals surface area contributed by atoms with Crippen molar-refractivity contribution in [1.82, 2.24) is 0 Å². The van der Waals surface area contributed by atoms with Crippen LogP contribution in [0.4, 0.5) is 0 Å². The summed E-state index contributed by atoms with van der Waals surface area (Å²) >= 11 is 0. The van der Waals surface area contributed by atoms with Crippen LogP contribution in [0.15, 0.2) is 65.1 Å². The molecule has 0 fully saturated rings. The summed E-state index contributed by atoms with van der Waals surface area (Å²) in [6.07, 6.45) is 0. The van der Waals surface area contributed by atoms with Gasteiger partial charge in [0.2, 0.25) is 5.78 Å². The lowest BCUT2D eigenvalue weighted by Gasteiger charge is -2.05. The molecule has 1 heterocycles. The summed E-state index contributed by atoms with van der Waals surface area (Å²) in [7, 11) is 0. The molecule has 0 radical (unpaired) electrons. The molecular formula is C18H14O5. The normalized spacial score (nSPS) is 10.4. The molecule has 2 aromatic carbocycles. The number of para-hydroxylation sites is 2. The Hall–Kier alpha value is -3.08. The van der Waals surface area contributed by atoms with E-state index in [1.54, 1.807) is 36.4 Å². The Morgan fingerprint density at radius 2 is 1.65 bits per heavy atom. The molecule has 0 N–H and O–H groups in total. The van der Waals surface area contributed by atoms with Crippen LogP contribution >= 0.6 is 0 Å². The average Bonchev–Trinajstić information content (AvgIpc) is 3.03. The SMILES string of the molecule is O=C(COc1ccccc1)OCC(=O)c1cc2ccccc2o1. The van der Waals surface area contributed by atoms with Crippen LogP contribution in [0.3, 0.4) is 0 Å². The standard InChI is InChI=1S/C18H14O5/c19-15(17-10-13-6-4-5-9-16(13)23-17)11-22-18(20)12-21-14-7-2-1-3-8-14/h1-10H,11-12H2. The van der Waals surface area contributed by atoms with Crippen molar-refractivity contribution in [3.05, 3.63) is 66.4 Å². The van der Waals surface area contributed by atoms with Gasteiger partial charge in [0.15, 0.2) is 19.0 Å². The molecule has 0 saturated carbocycles. The number of hydrogen-bond acceptors (Lipinski definition) is 5. The number of hydrogen-bond donors (Lipinski definition) is 0. The maximum absolute atomic E-state index is 12.0. The summed E-state index contributed by atoms with van der Waals surface area (Å²) in [5.74, 6) is -0.274. The van der Waals surface area contributed by atoms with Gasteiger partial charge in [-0.05, 0) is 24.3 Å². The summed E-state index contributed by atoms with van der Waals surface area (Å²) in [5, 5.41) is 0.828. The minimum absolute atomic E-state index is 0.169. The highest BCUT2D eigenvalue weighted by Crippen LogP contribution is 2.19. The molecule has 0 aliphatic carbocycles. The van der Waals surface area contributed by atoms with Gasteiger partial charge in [0.25, 0.3) is 0 Å². The fourth-order valence-electron chi connectivity index (χ4n) is 2.04. The van der Waals surface area contributed by atoms with E-state index in [-0.39, 0.29) is 19.0 Å². The Balaban J connectivity index is 1.51. The van der Waals surface area contributed by atoms with E-state index in [0.29, 0.717) is 11.3 Å². The van der Waals surface area contributed by atoms with Gasteiger partial charge in [-0.2, -0.15) is 0 Å². The predicted molar refractivity (Wildman–Crippen MR) is 83.4 cm³/mol. The maximum atomic E-state index is 12.0. The molecule has 3 aromatic rings. The summed E-state index contributed by atoms with van der Waals surface area (Å²) in [6, 6.07) is 17.8. The van der Waals surface area contributed by atoms with Gasteiger partial charge >= 0.3 is 5.97 Å². The van der Waals surface area contributed by atoms with Crippen molar-refractivity contribution in [3.63, 3.8) is 0 Å². The summed E-state index contributed by atoms with van der Waals surface area (Å²) in [4.78, 5) is 23.6. The zero-order valence-electron chi connectivity index (χ0n) is 12.2. The Bertz CT molecular complexity index is 787. The number of furan rings is 1. The van der Waals surface area contributed by atoms with Crippen molar-refractivity contribution in [1.29, 1.82) is 0 Å². The van der Waals surface area contributed by atoms with Gasteiger partial charge in [-0.15, -0.1) is 0 Å². The van der Waals surface area contributed by atoms with E-state index in [2.05, 4.69) is 0 Å². The van der Waals surface area contributed by atoms with E-state index in [9.17, 15) is 9.59 Å². The minimum Gasteiger partial charge on any atom is -0.482 e. The molecule has 23 heavy (non-hydrogen) atoms. The van der Waals surface area contributed by atoms with E-state index in [0.717, 1.165) is 5.39 Å². The van der Waals surface area contributed by atoms with Crippen LogP contribution < -0.4 is 4.74 Å². The van der Waals surface area contributed by atoms with E-state index >= 15 is 0 Å². The number of ketones is 1. The number of carbonyl (C=O) groups excluding carboxylic acids is 2. The zero-order valence-corrected chi connectivity index (χ0v) is 12.2. The molecular weight excluding hydrogens is 296 g/mol. The van der Waals surface area contributed by atoms with E-state index in [1.807, 2.05) is 24.3 Å². The third-order valence-corrected chi connectivity index (χ3v) is 3.16. The first kappa shape index (κ1) is 14.8. The Morgan fingerprint density at radius 1 is 0.913 bits per heavy atom. The molecule has 0 spiro atoms. The lowest BCUT2D eigenvalue weighted by Crippen LogP contribution is -2.19. The quantitative estimate of drug-likeness (QED) is 0.516. The van der Waals surface area contributed by atoms with Crippen molar-refractivity contribution in [2.75, 3.05) is 13.2 Å². The van der Waals surface area contributed by atoms with Crippen LogP contribution in [0.25, 0.3) is 11.0 Å². The molecule has 1 aromatic heterocycles. The van der Waals surface area contributed by atoms with Crippen molar-refractivity contribution in [2.24, 2.45) is 0 Å². The molecule has 0 saturated heterocycles. The predicted octanol–water partition coefficient (Wildman–Crippen LogP) is 3.24. The van der Waals surface area contributed by atoms with Crippen LogP contribution in [-0.4, -0.2) is 25.0 Å². The van der Waals surface area contributed by atoms with E-state index in [1.165, 1.54) is 0 Å². The van der Waals surface area contributed by atoms with Crippen molar-refractivity contribution in [2.45, 2.75) is 0 Å². The van der Waals surface area contributed by atoms with Gasteiger partial charge in [0.05, 0.1) is 0 Å². The smallest absolute Gasteiger partial charge is 0.344 e. The molecule has 0 atom stereocenters. The van der Waals surface area contributed by atoms with Crippen LogP contribution in [0.2, 0.25) is 0 Å². The van der Waals surface area contributed by atoms with Gasteiger partial charge in [-0.3, -0.25) is 4.79 Å². The van der Waals surface area contributed by atoms with Gasteiger partial charge in [-0.25, -0.2) is 4.79 Å². The number of Topliss-reactive ketones (excluding diaryl/α,β-unsaturated/α-hetero) is 1. The number of ether oxygens (including phenoxy) is 2. The minimum atomic E-state index is -0.613. The number of fused-ring (bicyclic) bond motifs is 1. The number of esters is 1. The second-order valence-electron chi connectivity index (χ2n) is 4.83. The zero-order chi connectivity index (χ0) is 16.1. The summed E-state index contributed by atoms with van der Waals surface area (Å²) in [5.41, 5.74) is 0.620. The third kappa shape index (κ3) is 3.77. The summed E-state index contributed by atoms with van der Waals surface area (Å²) < 4.78 is 15.6. The van der Waals surface area contributed by atoms with E-state index < -0.39 is 11.8 Å². The van der Waals surface area contributed by atoms with E-state index in [4.69, 9.17) is 13.9 Å². The highest BCUT2D eigenvalue weighted by atomic mass is 16.6. The molecule has 5 nitrogen and oxygen atoms in total. The van der Waals surface area contributed by atoms with Crippen LogP contribution in [-0.2, 0) is 9.53 Å². The third-order valence-electron chi connectivity index (χ3n) is 3.16. The molecule has 116 valence electrons. The molecule has 0 amide bonds. The van der Waals surface area contributed by atoms with Gasteiger partial charge in [0.1, 0.15) is 11.3 Å². The lowest BCUT2D eigenvalue weighted by molar-refractivity contribution is -0.144. The Kier molecular flexibility index (Phi) is 4.38. The highest BCUT2D eigenvalue weighted by molar-refractivity contribution is 5.99. The topological polar surface area (TPSA) is 65.7 Å². The lowest BCUT2D eigenvalue weighted by atomic mass is 10.2. The highest BCUT2D eigenvalue weighted by Gasteiger charge is 2.15. The first-order chi connectivity index (χ1) is 11.2. The molecule has 0 bridgehead atoms. The molecule has 0 aliphatic rings. The largest absolute Gasteiger partial charge is 0.482 e. The van der Waals surface area contributed by atoms with Crippen LogP contribution in [0, 0.1) is 0 Å². The van der Waals surface area contributed by atoms with Crippen molar-refractivity contribution >= 4 is 22.7 Å². The first-order valence-electron chi connectivity index (χ1n) is 7.07. The molecule has 5 heteroatoms. The number of benzene rings is 2. The molecule has 0 aliphatic heterocycles. The van der Waals surface area contributed by atoms with Crippen LogP contribution in [0.5, 0.6) is 5.75 Å². The second-order valence-corrected chi connectivity index (χ2v) is 4.83. The monoisotopic (exact) mass is 310 g/mol. The maximum Gasteiger partial charge on any atom is 0.344 e. The van der Waals surface area contributed by atoms with Gasteiger partial charge in [-0.1, -0.05) is 36.4 Å². The fraction of sp³-hybridized carbons (Fsp3) is 0.111. The van der Waals surface area contributed by atoms with Gasteiger partial charge < -0.3 is 13.9 Å². The van der Waals surface area contributed by atoms with Crippen molar-refractivity contribution < 1.29 is 23.5 Å².